The third-order valence-corrected chi connectivity index (χ3v) is 3.99. The molecule has 0 unspecified atom stereocenters. The third kappa shape index (κ3) is 7.86. The van der Waals surface area contributed by atoms with Gasteiger partial charge in [0.1, 0.15) is 12.6 Å². The molecular formula is C22H26N2O3. The molecule has 0 aromatic heterocycles. The Morgan fingerprint density at radius 3 is 2.30 bits per heavy atom. The number of carbonyl (C=O) groups excluding carboxylic acids is 2. The second-order valence-electron chi connectivity index (χ2n) is 6.24. The number of ether oxygens (including phenoxy) is 1. The molecule has 2 aromatic rings. The van der Waals surface area contributed by atoms with Crippen LogP contribution in [0.2, 0.25) is 0 Å². The smallest absolute Gasteiger partial charge is 0.408 e. The molecule has 0 radical (unpaired) electrons. The zero-order chi connectivity index (χ0) is 19.3. The van der Waals surface area contributed by atoms with Crippen molar-refractivity contribution in [3.05, 3.63) is 71.8 Å². The van der Waals surface area contributed by atoms with Crippen molar-refractivity contribution in [2.75, 3.05) is 6.54 Å². The first kappa shape index (κ1) is 20.4. The minimum atomic E-state index is -0.707. The highest BCUT2D eigenvalue weighted by Gasteiger charge is 2.20. The van der Waals surface area contributed by atoms with Crippen molar-refractivity contribution in [3.63, 3.8) is 0 Å². The lowest BCUT2D eigenvalue weighted by Gasteiger charge is -2.16. The van der Waals surface area contributed by atoms with Gasteiger partial charge in [0.05, 0.1) is 6.21 Å². The number of benzene rings is 2. The lowest BCUT2D eigenvalue weighted by molar-refractivity contribution is -0.114. The van der Waals surface area contributed by atoms with Gasteiger partial charge in [-0.25, -0.2) is 4.79 Å². The molecule has 142 valence electrons. The van der Waals surface area contributed by atoms with Gasteiger partial charge in [0, 0.05) is 13.0 Å². The van der Waals surface area contributed by atoms with Crippen LogP contribution in [0.4, 0.5) is 4.79 Å². The molecule has 0 aliphatic carbocycles. The average Bonchev–Trinajstić information content (AvgIpc) is 2.70. The number of hydrogen-bond donors (Lipinski definition) is 1. The Bertz CT molecular complexity index is 730. The van der Waals surface area contributed by atoms with E-state index < -0.39 is 12.1 Å². The summed E-state index contributed by atoms with van der Waals surface area (Å²) in [5.74, 6) is -0.230. The second kappa shape index (κ2) is 11.6. The normalized spacial score (nSPS) is 11.9. The Kier molecular flexibility index (Phi) is 8.77. The number of carbonyl (C=O) groups is 2. The summed E-state index contributed by atoms with van der Waals surface area (Å²) < 4.78 is 5.24. The van der Waals surface area contributed by atoms with E-state index in [1.807, 2.05) is 60.7 Å². The van der Waals surface area contributed by atoms with Gasteiger partial charge in [-0.15, -0.1) is 0 Å². The van der Waals surface area contributed by atoms with Crippen molar-refractivity contribution in [1.29, 1.82) is 0 Å². The maximum Gasteiger partial charge on any atom is 0.408 e. The summed E-state index contributed by atoms with van der Waals surface area (Å²) in [6.45, 7) is 2.84. The van der Waals surface area contributed by atoms with E-state index in [9.17, 15) is 9.59 Å². The number of unbranched alkanes of at least 4 members (excludes halogenated alkanes) is 1. The molecule has 2 rings (SSSR count). The summed E-state index contributed by atoms with van der Waals surface area (Å²) in [6.07, 6.45) is 3.04. The summed E-state index contributed by atoms with van der Waals surface area (Å²) in [6, 6.07) is 18.3. The Balaban J connectivity index is 1.96. The number of aliphatic imine (C=N–C) groups is 1. The maximum atomic E-state index is 12.5. The Morgan fingerprint density at radius 1 is 1.04 bits per heavy atom. The molecule has 0 aliphatic rings. The maximum absolute atomic E-state index is 12.5. The number of amides is 1. The highest BCUT2D eigenvalue weighted by molar-refractivity contribution is 6.30. The Labute approximate surface area is 160 Å². The standard InChI is InChI=1S/C22H26N2O3/c1-2-3-14-23-16-21(25)20(15-18-10-6-4-7-11-18)24-22(26)27-17-19-12-8-5-9-13-19/h4-13,16,20H,2-3,14-15,17H2,1H3,(H,24,26)/t20-/m0/s1. The monoisotopic (exact) mass is 366 g/mol. The molecule has 5 heteroatoms. The van der Waals surface area contributed by atoms with Gasteiger partial charge >= 0.3 is 6.09 Å². The van der Waals surface area contributed by atoms with Crippen LogP contribution < -0.4 is 5.32 Å². The Morgan fingerprint density at radius 2 is 1.67 bits per heavy atom. The van der Waals surface area contributed by atoms with E-state index in [1.165, 1.54) is 6.21 Å². The minimum Gasteiger partial charge on any atom is -0.445 e. The predicted molar refractivity (Wildman–Crippen MR) is 107 cm³/mol. The zero-order valence-corrected chi connectivity index (χ0v) is 15.6. The molecule has 1 amide bonds. The van der Waals surface area contributed by atoms with Crippen LogP contribution in [0.25, 0.3) is 0 Å². The lowest BCUT2D eigenvalue weighted by atomic mass is 10.0. The fraction of sp³-hybridized carbons (Fsp3) is 0.318. The molecule has 0 fully saturated rings. The van der Waals surface area contributed by atoms with Crippen molar-refractivity contribution >= 4 is 18.1 Å². The van der Waals surface area contributed by atoms with E-state index in [1.54, 1.807) is 0 Å². The zero-order valence-electron chi connectivity index (χ0n) is 15.6. The fourth-order valence-corrected chi connectivity index (χ4v) is 2.47. The van der Waals surface area contributed by atoms with Crippen LogP contribution in [0.3, 0.4) is 0 Å². The SMILES string of the molecule is CCCCN=CC(=O)[C@H](Cc1ccccc1)NC(=O)OCc1ccccc1. The van der Waals surface area contributed by atoms with Crippen LogP contribution in [0.5, 0.6) is 0 Å². The first-order valence-electron chi connectivity index (χ1n) is 9.24. The molecule has 1 atom stereocenters. The minimum absolute atomic E-state index is 0.156. The first-order chi connectivity index (χ1) is 13.2. The van der Waals surface area contributed by atoms with Crippen molar-refractivity contribution in [3.8, 4) is 0 Å². The van der Waals surface area contributed by atoms with Crippen LogP contribution in [0.1, 0.15) is 30.9 Å². The van der Waals surface area contributed by atoms with Gasteiger partial charge in [-0.1, -0.05) is 74.0 Å². The van der Waals surface area contributed by atoms with Crippen LogP contribution >= 0.6 is 0 Å². The van der Waals surface area contributed by atoms with Gasteiger partial charge in [-0.05, 0) is 17.5 Å². The van der Waals surface area contributed by atoms with E-state index in [4.69, 9.17) is 4.74 Å². The first-order valence-corrected chi connectivity index (χ1v) is 9.24. The molecule has 5 nitrogen and oxygen atoms in total. The molecule has 0 aliphatic heterocycles. The predicted octanol–water partition coefficient (Wildman–Crippen LogP) is 3.96. The van der Waals surface area contributed by atoms with Crippen LogP contribution in [0, 0.1) is 0 Å². The van der Waals surface area contributed by atoms with Crippen LogP contribution in [-0.4, -0.2) is 30.7 Å². The fourth-order valence-electron chi connectivity index (χ4n) is 2.47. The average molecular weight is 366 g/mol. The van der Waals surface area contributed by atoms with Gasteiger partial charge in [-0.3, -0.25) is 9.79 Å². The molecule has 0 saturated carbocycles. The number of nitrogens with one attached hydrogen (secondary N) is 1. The second-order valence-corrected chi connectivity index (χ2v) is 6.24. The molecule has 0 spiro atoms. The molecule has 1 N–H and O–H groups in total. The van der Waals surface area contributed by atoms with E-state index in [0.29, 0.717) is 13.0 Å². The topological polar surface area (TPSA) is 67.8 Å². The number of rotatable bonds is 10. The third-order valence-electron chi connectivity index (χ3n) is 3.99. The quantitative estimate of drug-likeness (QED) is 0.511. The highest BCUT2D eigenvalue weighted by Crippen LogP contribution is 2.05. The van der Waals surface area contributed by atoms with Crippen LogP contribution in [-0.2, 0) is 22.6 Å². The molecule has 27 heavy (non-hydrogen) atoms. The summed E-state index contributed by atoms with van der Waals surface area (Å²) in [5.41, 5.74) is 1.85. The van der Waals surface area contributed by atoms with Crippen molar-refractivity contribution < 1.29 is 14.3 Å². The lowest BCUT2D eigenvalue weighted by Crippen LogP contribution is -2.43. The van der Waals surface area contributed by atoms with E-state index in [-0.39, 0.29) is 12.4 Å². The van der Waals surface area contributed by atoms with E-state index in [2.05, 4.69) is 17.2 Å². The van der Waals surface area contributed by atoms with Crippen molar-refractivity contribution in [2.24, 2.45) is 4.99 Å². The number of ketones is 1. The van der Waals surface area contributed by atoms with Crippen LogP contribution in [0.15, 0.2) is 65.7 Å². The molecule has 0 bridgehead atoms. The Hall–Kier alpha value is -2.95. The van der Waals surface area contributed by atoms with Crippen molar-refractivity contribution in [1.82, 2.24) is 5.32 Å². The van der Waals surface area contributed by atoms with Gasteiger partial charge in [0.15, 0.2) is 5.78 Å². The van der Waals surface area contributed by atoms with Gasteiger partial charge < -0.3 is 10.1 Å². The summed E-state index contributed by atoms with van der Waals surface area (Å²) in [5, 5.41) is 2.67. The van der Waals surface area contributed by atoms with E-state index in [0.717, 1.165) is 24.0 Å². The number of hydrogen-bond acceptors (Lipinski definition) is 4. The van der Waals surface area contributed by atoms with Gasteiger partial charge in [0.25, 0.3) is 0 Å². The number of alkyl carbamates (subject to hydrolysis) is 1. The van der Waals surface area contributed by atoms with Crippen molar-refractivity contribution in [2.45, 2.75) is 38.8 Å². The molecule has 0 saturated heterocycles. The molecule has 0 heterocycles. The van der Waals surface area contributed by atoms with E-state index >= 15 is 0 Å². The summed E-state index contributed by atoms with van der Waals surface area (Å²) >= 11 is 0. The summed E-state index contributed by atoms with van der Waals surface area (Å²) in [7, 11) is 0. The largest absolute Gasteiger partial charge is 0.445 e. The molecular weight excluding hydrogens is 340 g/mol. The number of nitrogens with zero attached hydrogens (tertiary/aromatic N) is 1. The van der Waals surface area contributed by atoms with Gasteiger partial charge in [-0.2, -0.15) is 0 Å². The highest BCUT2D eigenvalue weighted by atomic mass is 16.5. The van der Waals surface area contributed by atoms with Gasteiger partial charge in [0.2, 0.25) is 0 Å². The number of Topliss-reactive ketones (excluding diaryl/α,β-unsaturated/α-hetero) is 1. The molecule has 2 aromatic carbocycles. The summed E-state index contributed by atoms with van der Waals surface area (Å²) in [4.78, 5) is 28.8.